The SMILES string of the molecule is [N-]=[N+]=CS(N)(=O)=O. The van der Waals surface area contributed by atoms with Crippen molar-refractivity contribution in [3.63, 3.8) is 0 Å². The summed E-state index contributed by atoms with van der Waals surface area (Å²) in [7, 11) is -3.72. The normalized spacial score (nSPS) is 9.86. The van der Waals surface area contributed by atoms with Crippen molar-refractivity contribution in [3.8, 4) is 0 Å². The molecule has 0 rings (SSSR count). The molecule has 0 fully saturated rings. The van der Waals surface area contributed by atoms with Gasteiger partial charge in [-0.05, 0) is 0 Å². The molecule has 7 heavy (non-hydrogen) atoms. The van der Waals surface area contributed by atoms with E-state index in [0.29, 0.717) is 0 Å². The van der Waals surface area contributed by atoms with Crippen LogP contribution >= 0.6 is 0 Å². The van der Waals surface area contributed by atoms with E-state index >= 15 is 0 Å². The Morgan fingerprint density at radius 2 is 2.14 bits per heavy atom. The van der Waals surface area contributed by atoms with E-state index in [1.165, 1.54) is 0 Å². The molecule has 0 spiro atoms. The smallest absolute Gasteiger partial charge is 0.361 e. The summed E-state index contributed by atoms with van der Waals surface area (Å²) in [6, 6.07) is 0. The second kappa shape index (κ2) is 1.83. The molecule has 0 aromatic carbocycles. The van der Waals surface area contributed by atoms with Crippen LogP contribution in [0.1, 0.15) is 0 Å². The first-order chi connectivity index (χ1) is 3.06. The minimum absolute atomic E-state index is 0.243. The lowest BCUT2D eigenvalue weighted by molar-refractivity contribution is 0.00753. The van der Waals surface area contributed by atoms with Crippen LogP contribution in [0.3, 0.4) is 0 Å². The van der Waals surface area contributed by atoms with Gasteiger partial charge in [-0.25, -0.2) is 13.6 Å². The number of nitrogens with zero attached hydrogens (tertiary/aromatic N) is 2. The van der Waals surface area contributed by atoms with Gasteiger partial charge in [-0.15, -0.1) is 0 Å². The van der Waals surface area contributed by atoms with Crippen molar-refractivity contribution in [3.05, 3.63) is 5.53 Å². The monoisotopic (exact) mass is 121 g/mol. The Morgan fingerprint density at radius 3 is 2.14 bits per heavy atom. The highest BCUT2D eigenvalue weighted by molar-refractivity contribution is 8.02. The van der Waals surface area contributed by atoms with Crippen LogP contribution in [-0.2, 0) is 10.0 Å². The third-order valence-corrected chi connectivity index (χ3v) is 0.582. The van der Waals surface area contributed by atoms with Gasteiger partial charge in [0.05, 0.1) is 0 Å². The van der Waals surface area contributed by atoms with Crippen molar-refractivity contribution in [1.29, 1.82) is 0 Å². The summed E-state index contributed by atoms with van der Waals surface area (Å²) in [4.78, 5) is 2.17. The van der Waals surface area contributed by atoms with Crippen LogP contribution in [0, 0.1) is 0 Å². The van der Waals surface area contributed by atoms with Crippen LogP contribution in [0.25, 0.3) is 5.53 Å². The molecule has 0 bridgehead atoms. The van der Waals surface area contributed by atoms with E-state index in [2.05, 4.69) is 9.93 Å². The summed E-state index contributed by atoms with van der Waals surface area (Å²) in [6.45, 7) is 0. The molecule has 0 aliphatic rings. The Hall–Kier alpha value is -0.710. The molecule has 0 aromatic rings. The summed E-state index contributed by atoms with van der Waals surface area (Å²) in [5.41, 5.74) is 7.76. The summed E-state index contributed by atoms with van der Waals surface area (Å²) in [5.74, 6) is 0. The van der Waals surface area contributed by atoms with Crippen molar-refractivity contribution in [2.24, 2.45) is 5.14 Å². The van der Waals surface area contributed by atoms with Gasteiger partial charge in [0.15, 0.2) is 0 Å². The van der Waals surface area contributed by atoms with Crippen LogP contribution in [0.2, 0.25) is 0 Å². The van der Waals surface area contributed by atoms with E-state index in [1.54, 1.807) is 0 Å². The molecule has 5 nitrogen and oxygen atoms in total. The minimum atomic E-state index is -3.72. The second-order valence-electron chi connectivity index (χ2n) is 0.810. The number of primary sulfonamides is 1. The number of nitrogens with two attached hydrogens (primary N) is 1. The topological polar surface area (TPSA) is 96.6 Å². The lowest BCUT2D eigenvalue weighted by atomic mass is 11.7. The van der Waals surface area contributed by atoms with Crippen LogP contribution in [0.5, 0.6) is 0 Å². The van der Waals surface area contributed by atoms with E-state index in [-0.39, 0.29) is 5.55 Å². The number of hydrogen-bond acceptors (Lipinski definition) is 2. The highest BCUT2D eigenvalue weighted by Crippen LogP contribution is 1.57. The van der Waals surface area contributed by atoms with E-state index in [4.69, 9.17) is 5.53 Å². The molecule has 0 unspecified atom stereocenters. The summed E-state index contributed by atoms with van der Waals surface area (Å²) in [5, 5.41) is 4.31. The molecule has 40 valence electrons. The van der Waals surface area contributed by atoms with Crippen LogP contribution < -0.4 is 5.14 Å². The first kappa shape index (κ1) is 6.29. The standard InChI is InChI=1S/CH3N3O2S/c2-4-1-7(3,5)6/h1H,(H2,3,5,6). The van der Waals surface area contributed by atoms with Crippen molar-refractivity contribution in [2.45, 2.75) is 0 Å². The van der Waals surface area contributed by atoms with Crippen molar-refractivity contribution in [2.75, 3.05) is 0 Å². The average molecular weight is 121 g/mol. The Labute approximate surface area is 40.4 Å². The molecule has 2 N–H and O–H groups in total. The van der Waals surface area contributed by atoms with E-state index < -0.39 is 10.0 Å². The molecule has 0 aromatic heterocycles. The quantitative estimate of drug-likeness (QED) is 0.198. The van der Waals surface area contributed by atoms with Gasteiger partial charge in [-0.3, -0.25) is 0 Å². The first-order valence-electron chi connectivity index (χ1n) is 1.26. The van der Waals surface area contributed by atoms with Crippen molar-refractivity contribution in [1.82, 2.24) is 0 Å². The zero-order valence-electron chi connectivity index (χ0n) is 3.27. The van der Waals surface area contributed by atoms with Crippen molar-refractivity contribution < 1.29 is 13.2 Å². The largest absolute Gasteiger partial charge is 0.384 e. The van der Waals surface area contributed by atoms with Gasteiger partial charge >= 0.3 is 15.6 Å². The van der Waals surface area contributed by atoms with E-state index in [9.17, 15) is 8.42 Å². The van der Waals surface area contributed by atoms with Gasteiger partial charge in [0.1, 0.15) is 0 Å². The van der Waals surface area contributed by atoms with Crippen LogP contribution in [0.15, 0.2) is 0 Å². The maximum Gasteiger partial charge on any atom is 0.384 e. The highest BCUT2D eigenvalue weighted by atomic mass is 32.2. The summed E-state index contributed by atoms with van der Waals surface area (Å²) in [6.07, 6.45) is 0. The minimum Gasteiger partial charge on any atom is -0.361 e. The predicted molar refractivity (Wildman–Crippen MR) is 22.8 cm³/mol. The van der Waals surface area contributed by atoms with Crippen molar-refractivity contribution >= 4 is 15.6 Å². The molecule has 0 radical (unpaired) electrons. The zero-order valence-corrected chi connectivity index (χ0v) is 4.09. The van der Waals surface area contributed by atoms with Gasteiger partial charge in [0, 0.05) is 0 Å². The molecule has 0 atom stereocenters. The predicted octanol–water partition coefficient (Wildman–Crippen LogP) is -1.47. The van der Waals surface area contributed by atoms with E-state index in [1.807, 2.05) is 0 Å². The number of hydrogen-bond donors (Lipinski definition) is 1. The lowest BCUT2D eigenvalue weighted by Gasteiger charge is -1.67. The molecule has 0 saturated heterocycles. The molecule has 0 aliphatic carbocycles. The summed E-state index contributed by atoms with van der Waals surface area (Å²) < 4.78 is 19.4. The van der Waals surface area contributed by atoms with Gasteiger partial charge in [-0.2, -0.15) is 4.79 Å². The maximum atomic E-state index is 9.70. The second-order valence-corrected chi connectivity index (χ2v) is 2.20. The third kappa shape index (κ3) is 5.29. The molecular weight excluding hydrogens is 118 g/mol. The van der Waals surface area contributed by atoms with Gasteiger partial charge in [0.2, 0.25) is 0 Å². The highest BCUT2D eigenvalue weighted by Gasteiger charge is 1.98. The molecule has 0 heterocycles. The van der Waals surface area contributed by atoms with Gasteiger partial charge in [-0.1, -0.05) is 0 Å². The fourth-order valence-electron chi connectivity index (χ4n) is 0.0657. The Bertz CT molecular complexity index is 185. The fourth-order valence-corrected chi connectivity index (χ4v) is 0.197. The Morgan fingerprint density at radius 1 is 1.71 bits per heavy atom. The molecule has 0 saturated carbocycles. The fraction of sp³-hybridized carbons (Fsp3) is 0. The van der Waals surface area contributed by atoms with E-state index in [0.717, 1.165) is 0 Å². The first-order valence-corrected chi connectivity index (χ1v) is 2.87. The summed E-state index contributed by atoms with van der Waals surface area (Å²) >= 11 is 0. The maximum absolute atomic E-state index is 9.70. The third-order valence-electron chi connectivity index (χ3n) is 0.194. The lowest BCUT2D eigenvalue weighted by Crippen LogP contribution is -2.12. The zero-order chi connectivity index (χ0) is 5.91. The molecule has 6 heteroatoms. The number of rotatable bonds is 1. The average Bonchev–Trinajstić information content (AvgIpc) is 1.30. The van der Waals surface area contributed by atoms with Crippen LogP contribution in [0.4, 0.5) is 0 Å². The molecule has 0 amide bonds. The van der Waals surface area contributed by atoms with Gasteiger partial charge < -0.3 is 5.53 Å². The Kier molecular flexibility index (Phi) is 1.65. The Balaban J connectivity index is 4.44. The molecular formula is CH3N3O2S. The van der Waals surface area contributed by atoms with Crippen LogP contribution in [-0.4, -0.2) is 18.8 Å². The molecule has 0 aliphatic heterocycles. The van der Waals surface area contributed by atoms with Gasteiger partial charge in [0.25, 0.3) is 0 Å². The number of sulfonamides is 1.